The Morgan fingerprint density at radius 3 is 3.06 bits per heavy atom. The van der Waals surface area contributed by atoms with Gasteiger partial charge in [0.15, 0.2) is 10.7 Å². The highest BCUT2D eigenvalue weighted by Crippen LogP contribution is 2.17. The van der Waals surface area contributed by atoms with Gasteiger partial charge in [0.2, 0.25) is 0 Å². The van der Waals surface area contributed by atoms with E-state index in [2.05, 4.69) is 4.98 Å². The molecule has 0 bridgehead atoms. The number of rotatable bonds is 3. The van der Waals surface area contributed by atoms with Gasteiger partial charge in [-0.25, -0.2) is 9.78 Å². The van der Waals surface area contributed by atoms with Gasteiger partial charge in [-0.15, -0.1) is 11.3 Å². The quantitative estimate of drug-likeness (QED) is 0.889. The van der Waals surface area contributed by atoms with Crippen LogP contribution in [0.2, 0.25) is 0 Å². The Labute approximate surface area is 108 Å². The molecule has 1 fully saturated rings. The molecule has 0 aliphatic carbocycles. The first-order valence-electron chi connectivity index (χ1n) is 5.71. The van der Waals surface area contributed by atoms with E-state index in [1.54, 1.807) is 4.90 Å². The minimum Gasteiger partial charge on any atom is -0.476 e. The minimum absolute atomic E-state index is 0.0448. The number of morpholine rings is 1. The molecule has 1 N–H and O–H groups in total. The van der Waals surface area contributed by atoms with Crippen LogP contribution in [0.1, 0.15) is 33.6 Å². The molecule has 0 radical (unpaired) electrons. The highest BCUT2D eigenvalue weighted by Gasteiger charge is 2.28. The molecule has 2 heterocycles. The first-order valence-corrected chi connectivity index (χ1v) is 6.59. The highest BCUT2D eigenvalue weighted by atomic mass is 32.1. The maximum Gasteiger partial charge on any atom is 0.355 e. The highest BCUT2D eigenvalue weighted by molar-refractivity contribution is 7.11. The standard InChI is InChI=1S/C11H14N2O4S/c1-2-7-5-17-4-3-13(7)10(14)9-12-8(6-18-9)11(15)16/h6-7H,2-5H2,1H3,(H,15,16). The summed E-state index contributed by atoms with van der Waals surface area (Å²) in [6.45, 7) is 3.56. The molecule has 1 aliphatic heterocycles. The van der Waals surface area contributed by atoms with Crippen LogP contribution in [-0.2, 0) is 4.74 Å². The molecule has 98 valence electrons. The van der Waals surface area contributed by atoms with E-state index in [0.717, 1.165) is 17.8 Å². The van der Waals surface area contributed by atoms with Crippen molar-refractivity contribution in [3.05, 3.63) is 16.1 Å². The maximum atomic E-state index is 12.2. The van der Waals surface area contributed by atoms with Crippen LogP contribution >= 0.6 is 11.3 Å². The lowest BCUT2D eigenvalue weighted by atomic mass is 10.2. The molecule has 18 heavy (non-hydrogen) atoms. The van der Waals surface area contributed by atoms with Crippen molar-refractivity contribution in [3.63, 3.8) is 0 Å². The van der Waals surface area contributed by atoms with Gasteiger partial charge < -0.3 is 14.7 Å². The lowest BCUT2D eigenvalue weighted by Crippen LogP contribution is -2.48. The smallest absolute Gasteiger partial charge is 0.355 e. The Kier molecular flexibility index (Phi) is 3.93. The van der Waals surface area contributed by atoms with Crippen LogP contribution in [0.3, 0.4) is 0 Å². The molecule has 1 unspecified atom stereocenters. The number of ether oxygens (including phenoxy) is 1. The van der Waals surface area contributed by atoms with E-state index < -0.39 is 5.97 Å². The average Bonchev–Trinajstić information content (AvgIpc) is 2.87. The molecule has 7 heteroatoms. The van der Waals surface area contributed by atoms with Gasteiger partial charge >= 0.3 is 5.97 Å². The van der Waals surface area contributed by atoms with Crippen LogP contribution in [0.4, 0.5) is 0 Å². The second-order valence-corrected chi connectivity index (χ2v) is 4.84. The van der Waals surface area contributed by atoms with Crippen LogP contribution in [0, 0.1) is 0 Å². The van der Waals surface area contributed by atoms with Crippen LogP contribution in [-0.4, -0.2) is 52.7 Å². The molecule has 1 amide bonds. The number of amides is 1. The van der Waals surface area contributed by atoms with Gasteiger partial charge in [-0.1, -0.05) is 6.92 Å². The summed E-state index contributed by atoms with van der Waals surface area (Å²) in [5.74, 6) is -1.32. The summed E-state index contributed by atoms with van der Waals surface area (Å²) < 4.78 is 5.33. The van der Waals surface area contributed by atoms with Crippen LogP contribution in [0.25, 0.3) is 0 Å². The first kappa shape index (κ1) is 13.0. The summed E-state index contributed by atoms with van der Waals surface area (Å²) in [6, 6.07) is 0.0448. The van der Waals surface area contributed by atoms with Gasteiger partial charge in [-0.3, -0.25) is 4.79 Å². The van der Waals surface area contributed by atoms with Gasteiger partial charge in [-0.2, -0.15) is 0 Å². The summed E-state index contributed by atoms with van der Waals surface area (Å²) in [6.07, 6.45) is 0.808. The average molecular weight is 270 g/mol. The molecular formula is C11H14N2O4S. The lowest BCUT2D eigenvalue weighted by molar-refractivity contribution is -0.00281. The Balaban J connectivity index is 2.15. The van der Waals surface area contributed by atoms with E-state index >= 15 is 0 Å². The third-order valence-corrected chi connectivity index (χ3v) is 3.70. The van der Waals surface area contributed by atoms with Crippen LogP contribution in [0.5, 0.6) is 0 Å². The van der Waals surface area contributed by atoms with E-state index in [0.29, 0.717) is 19.8 Å². The monoisotopic (exact) mass is 270 g/mol. The zero-order valence-electron chi connectivity index (χ0n) is 9.96. The molecule has 6 nitrogen and oxygen atoms in total. The lowest BCUT2D eigenvalue weighted by Gasteiger charge is -2.34. The molecule has 1 aromatic heterocycles. The Hall–Kier alpha value is -1.47. The fourth-order valence-corrected chi connectivity index (χ4v) is 2.60. The van der Waals surface area contributed by atoms with Crippen LogP contribution in [0.15, 0.2) is 5.38 Å². The molecule has 1 aliphatic rings. The van der Waals surface area contributed by atoms with Crippen molar-refractivity contribution in [2.75, 3.05) is 19.8 Å². The van der Waals surface area contributed by atoms with Crippen molar-refractivity contribution in [3.8, 4) is 0 Å². The number of hydrogen-bond acceptors (Lipinski definition) is 5. The second-order valence-electron chi connectivity index (χ2n) is 3.98. The number of carbonyl (C=O) groups excluding carboxylic acids is 1. The van der Waals surface area contributed by atoms with E-state index in [-0.39, 0.29) is 22.7 Å². The molecule has 1 saturated heterocycles. The van der Waals surface area contributed by atoms with Crippen molar-refractivity contribution >= 4 is 23.2 Å². The van der Waals surface area contributed by atoms with E-state index in [4.69, 9.17) is 9.84 Å². The number of nitrogens with zero attached hydrogens (tertiary/aromatic N) is 2. The van der Waals surface area contributed by atoms with E-state index in [9.17, 15) is 9.59 Å². The normalized spacial score (nSPS) is 19.8. The summed E-state index contributed by atoms with van der Waals surface area (Å²) >= 11 is 1.07. The second kappa shape index (κ2) is 5.45. The van der Waals surface area contributed by atoms with E-state index in [1.807, 2.05) is 6.92 Å². The number of carbonyl (C=O) groups is 2. The summed E-state index contributed by atoms with van der Waals surface area (Å²) in [5, 5.41) is 10.4. The molecule has 0 spiro atoms. The largest absolute Gasteiger partial charge is 0.476 e. The molecule has 1 atom stereocenters. The first-order chi connectivity index (χ1) is 8.63. The third kappa shape index (κ3) is 2.51. The van der Waals surface area contributed by atoms with Gasteiger partial charge in [0.25, 0.3) is 5.91 Å². The van der Waals surface area contributed by atoms with Gasteiger partial charge in [0.05, 0.1) is 19.3 Å². The molecular weight excluding hydrogens is 256 g/mol. The number of aromatic nitrogens is 1. The van der Waals surface area contributed by atoms with E-state index in [1.165, 1.54) is 5.38 Å². The predicted molar refractivity (Wildman–Crippen MR) is 65.0 cm³/mol. The zero-order chi connectivity index (χ0) is 13.1. The van der Waals surface area contributed by atoms with Gasteiger partial charge in [-0.05, 0) is 6.42 Å². The number of carboxylic acids is 1. The molecule has 2 rings (SSSR count). The van der Waals surface area contributed by atoms with Crippen molar-refractivity contribution in [2.45, 2.75) is 19.4 Å². The summed E-state index contributed by atoms with van der Waals surface area (Å²) in [5.41, 5.74) is -0.0790. The van der Waals surface area contributed by atoms with Crippen molar-refractivity contribution in [2.24, 2.45) is 0 Å². The van der Waals surface area contributed by atoms with Crippen molar-refractivity contribution < 1.29 is 19.4 Å². The van der Waals surface area contributed by atoms with Crippen molar-refractivity contribution in [1.29, 1.82) is 0 Å². The molecule has 0 saturated carbocycles. The number of carboxylic acid groups (broad SMARTS) is 1. The maximum absolute atomic E-state index is 12.2. The number of thiazole rings is 1. The Morgan fingerprint density at radius 2 is 2.44 bits per heavy atom. The van der Waals surface area contributed by atoms with Crippen molar-refractivity contribution in [1.82, 2.24) is 9.88 Å². The fourth-order valence-electron chi connectivity index (χ4n) is 1.85. The Morgan fingerprint density at radius 1 is 1.67 bits per heavy atom. The van der Waals surface area contributed by atoms with Gasteiger partial charge in [0.1, 0.15) is 0 Å². The Bertz CT molecular complexity index is 460. The minimum atomic E-state index is -1.11. The van der Waals surface area contributed by atoms with Crippen LogP contribution < -0.4 is 0 Å². The number of hydrogen-bond donors (Lipinski definition) is 1. The topological polar surface area (TPSA) is 79.7 Å². The SMILES string of the molecule is CCC1COCCN1C(=O)c1nc(C(=O)O)cs1. The van der Waals surface area contributed by atoms with Gasteiger partial charge in [0, 0.05) is 11.9 Å². The fraction of sp³-hybridized carbons (Fsp3) is 0.545. The molecule has 1 aromatic rings. The zero-order valence-corrected chi connectivity index (χ0v) is 10.8. The predicted octanol–water partition coefficient (Wildman–Crippen LogP) is 1.09. The summed E-state index contributed by atoms with van der Waals surface area (Å²) in [4.78, 5) is 28.5. The summed E-state index contributed by atoms with van der Waals surface area (Å²) in [7, 11) is 0. The third-order valence-electron chi connectivity index (χ3n) is 2.87. The number of aromatic carboxylic acids is 1. The molecule has 0 aromatic carbocycles.